The van der Waals surface area contributed by atoms with Crippen LogP contribution in [0.1, 0.15) is 25.8 Å². The maximum Gasteiger partial charge on any atom is 0.240 e. The lowest BCUT2D eigenvalue weighted by molar-refractivity contribution is -0.143. The third-order valence-corrected chi connectivity index (χ3v) is 4.42. The highest BCUT2D eigenvalue weighted by atomic mass is 16.3. The van der Waals surface area contributed by atoms with Crippen molar-refractivity contribution in [2.24, 2.45) is 0 Å². The molecule has 6 nitrogen and oxygen atoms in total. The highest BCUT2D eigenvalue weighted by molar-refractivity contribution is 5.83. The van der Waals surface area contributed by atoms with Crippen LogP contribution in [0.4, 0.5) is 0 Å². The number of nitrogens with zero attached hydrogens (tertiary/aromatic N) is 2. The number of nitrogens with one attached hydrogen (secondary N) is 1. The first-order valence-electron chi connectivity index (χ1n) is 7.37. The van der Waals surface area contributed by atoms with E-state index in [0.29, 0.717) is 6.54 Å². The molecule has 2 saturated heterocycles. The van der Waals surface area contributed by atoms with Crippen molar-refractivity contribution in [3.8, 4) is 0 Å². The van der Waals surface area contributed by atoms with Crippen LogP contribution >= 0.6 is 0 Å². The number of amides is 2. The van der Waals surface area contributed by atoms with E-state index >= 15 is 0 Å². The summed E-state index contributed by atoms with van der Waals surface area (Å²) in [6, 6.07) is 2.07. The summed E-state index contributed by atoms with van der Waals surface area (Å²) in [6.45, 7) is 5.66. The Bertz CT molecular complexity index is 528. The Kier molecular flexibility index (Phi) is 3.71. The molecule has 114 valence electrons. The summed E-state index contributed by atoms with van der Waals surface area (Å²) in [6.07, 6.45) is 4.21. The SMILES string of the molecule is CC(=O)N[C@H]1C[C@H]2CN(Cc3ccoc3)[C@@H](C)C(=O)N2C1. The van der Waals surface area contributed by atoms with Crippen molar-refractivity contribution in [1.29, 1.82) is 0 Å². The average Bonchev–Trinajstić information content (AvgIpc) is 3.04. The fraction of sp³-hybridized carbons (Fsp3) is 0.600. The van der Waals surface area contributed by atoms with Gasteiger partial charge in [-0.2, -0.15) is 0 Å². The van der Waals surface area contributed by atoms with E-state index in [0.717, 1.165) is 25.1 Å². The molecule has 1 N–H and O–H groups in total. The molecular weight excluding hydrogens is 270 g/mol. The van der Waals surface area contributed by atoms with Crippen molar-refractivity contribution in [3.63, 3.8) is 0 Å². The van der Waals surface area contributed by atoms with Crippen molar-refractivity contribution in [2.75, 3.05) is 13.1 Å². The average molecular weight is 291 g/mol. The van der Waals surface area contributed by atoms with Crippen LogP contribution in [-0.2, 0) is 16.1 Å². The van der Waals surface area contributed by atoms with Crippen molar-refractivity contribution in [1.82, 2.24) is 15.1 Å². The Labute approximate surface area is 124 Å². The molecule has 0 aromatic carbocycles. The van der Waals surface area contributed by atoms with Crippen LogP contribution in [0.3, 0.4) is 0 Å². The van der Waals surface area contributed by atoms with Gasteiger partial charge in [0, 0.05) is 44.2 Å². The summed E-state index contributed by atoms with van der Waals surface area (Å²) in [5, 5.41) is 2.93. The summed E-state index contributed by atoms with van der Waals surface area (Å²) in [7, 11) is 0. The van der Waals surface area contributed by atoms with Crippen LogP contribution < -0.4 is 5.32 Å². The highest BCUT2D eigenvalue weighted by Crippen LogP contribution is 2.27. The summed E-state index contributed by atoms with van der Waals surface area (Å²) in [4.78, 5) is 27.8. The molecule has 1 aromatic heterocycles. The van der Waals surface area contributed by atoms with Crippen molar-refractivity contribution in [2.45, 2.75) is 44.9 Å². The molecular formula is C15H21N3O3. The maximum absolute atomic E-state index is 12.5. The number of furan rings is 1. The van der Waals surface area contributed by atoms with Gasteiger partial charge in [0.1, 0.15) is 0 Å². The largest absolute Gasteiger partial charge is 0.472 e. The molecule has 6 heteroatoms. The first-order chi connectivity index (χ1) is 10.0. The predicted molar refractivity (Wildman–Crippen MR) is 76.3 cm³/mol. The molecule has 0 saturated carbocycles. The summed E-state index contributed by atoms with van der Waals surface area (Å²) < 4.78 is 5.10. The van der Waals surface area contributed by atoms with Gasteiger partial charge in [-0.05, 0) is 19.4 Å². The number of hydrogen-bond acceptors (Lipinski definition) is 4. The summed E-state index contributed by atoms with van der Waals surface area (Å²) in [5.41, 5.74) is 1.08. The van der Waals surface area contributed by atoms with E-state index in [2.05, 4.69) is 10.2 Å². The van der Waals surface area contributed by atoms with Crippen LogP contribution in [0.2, 0.25) is 0 Å². The molecule has 3 atom stereocenters. The molecule has 21 heavy (non-hydrogen) atoms. The maximum atomic E-state index is 12.5. The van der Waals surface area contributed by atoms with Crippen LogP contribution in [0.15, 0.2) is 23.0 Å². The number of carbonyl (C=O) groups excluding carboxylic acids is 2. The Balaban J connectivity index is 1.69. The number of rotatable bonds is 3. The van der Waals surface area contributed by atoms with E-state index in [1.54, 1.807) is 12.5 Å². The van der Waals surface area contributed by atoms with Gasteiger partial charge in [-0.3, -0.25) is 14.5 Å². The van der Waals surface area contributed by atoms with Gasteiger partial charge in [0.05, 0.1) is 18.6 Å². The number of carbonyl (C=O) groups is 2. The Morgan fingerprint density at radius 3 is 2.95 bits per heavy atom. The minimum Gasteiger partial charge on any atom is -0.472 e. The second kappa shape index (κ2) is 5.52. The Hall–Kier alpha value is -1.82. The molecule has 2 fully saturated rings. The first kappa shape index (κ1) is 14.1. The molecule has 2 aliphatic heterocycles. The summed E-state index contributed by atoms with van der Waals surface area (Å²) >= 11 is 0. The zero-order valence-electron chi connectivity index (χ0n) is 12.4. The highest BCUT2D eigenvalue weighted by Gasteiger charge is 2.43. The zero-order chi connectivity index (χ0) is 15.0. The van der Waals surface area contributed by atoms with E-state index < -0.39 is 0 Å². The van der Waals surface area contributed by atoms with Crippen molar-refractivity contribution in [3.05, 3.63) is 24.2 Å². The summed E-state index contributed by atoms with van der Waals surface area (Å²) in [5.74, 6) is 0.123. The van der Waals surface area contributed by atoms with Gasteiger partial charge in [0.15, 0.2) is 0 Å². The molecule has 2 amide bonds. The molecule has 3 rings (SSSR count). The lowest BCUT2D eigenvalue weighted by atomic mass is 10.1. The molecule has 3 heterocycles. The second-order valence-corrected chi connectivity index (χ2v) is 6.01. The van der Waals surface area contributed by atoms with Gasteiger partial charge in [-0.1, -0.05) is 0 Å². The van der Waals surface area contributed by atoms with Crippen LogP contribution in [0.5, 0.6) is 0 Å². The van der Waals surface area contributed by atoms with Crippen molar-refractivity contribution < 1.29 is 14.0 Å². The van der Waals surface area contributed by atoms with Crippen LogP contribution in [0.25, 0.3) is 0 Å². The predicted octanol–water partition coefficient (Wildman–Crippen LogP) is 0.589. The minimum atomic E-state index is -0.132. The molecule has 0 radical (unpaired) electrons. The van der Waals surface area contributed by atoms with Gasteiger partial charge in [-0.15, -0.1) is 0 Å². The van der Waals surface area contributed by atoms with E-state index in [-0.39, 0.29) is 29.9 Å². The normalized spacial score (nSPS) is 29.5. The Morgan fingerprint density at radius 1 is 1.48 bits per heavy atom. The van der Waals surface area contributed by atoms with Gasteiger partial charge in [0.25, 0.3) is 0 Å². The van der Waals surface area contributed by atoms with Crippen molar-refractivity contribution >= 4 is 11.8 Å². The van der Waals surface area contributed by atoms with Gasteiger partial charge < -0.3 is 14.6 Å². The lowest BCUT2D eigenvalue weighted by Crippen LogP contribution is -2.58. The quantitative estimate of drug-likeness (QED) is 0.885. The third kappa shape index (κ3) is 2.81. The first-order valence-corrected chi connectivity index (χ1v) is 7.37. The van der Waals surface area contributed by atoms with Gasteiger partial charge >= 0.3 is 0 Å². The van der Waals surface area contributed by atoms with Gasteiger partial charge in [0.2, 0.25) is 11.8 Å². The minimum absolute atomic E-state index is 0.0319. The number of fused-ring (bicyclic) bond motifs is 1. The Morgan fingerprint density at radius 2 is 2.29 bits per heavy atom. The molecule has 0 bridgehead atoms. The van der Waals surface area contributed by atoms with E-state index in [1.165, 1.54) is 6.92 Å². The number of piperazine rings is 1. The topological polar surface area (TPSA) is 65.8 Å². The fourth-order valence-corrected chi connectivity index (χ4v) is 3.40. The molecule has 1 aromatic rings. The zero-order valence-corrected chi connectivity index (χ0v) is 12.4. The molecule has 0 unspecified atom stereocenters. The number of hydrogen-bond donors (Lipinski definition) is 1. The third-order valence-electron chi connectivity index (χ3n) is 4.42. The molecule has 0 spiro atoms. The second-order valence-electron chi connectivity index (χ2n) is 6.01. The van der Waals surface area contributed by atoms with Gasteiger partial charge in [-0.25, -0.2) is 0 Å². The molecule has 0 aliphatic carbocycles. The smallest absolute Gasteiger partial charge is 0.240 e. The fourth-order valence-electron chi connectivity index (χ4n) is 3.40. The van der Waals surface area contributed by atoms with E-state index in [9.17, 15) is 9.59 Å². The standard InChI is InChI=1S/C15H21N3O3/c1-10-15(20)18-7-13(16-11(2)19)5-14(18)8-17(10)6-12-3-4-21-9-12/h3-4,9-10,13-14H,5-8H2,1-2H3,(H,16,19)/t10-,13-,14-/m0/s1. The molecule has 2 aliphatic rings. The van der Waals surface area contributed by atoms with E-state index in [1.807, 2.05) is 17.9 Å². The van der Waals surface area contributed by atoms with Crippen LogP contribution in [0, 0.1) is 0 Å². The lowest BCUT2D eigenvalue weighted by Gasteiger charge is -2.41. The monoisotopic (exact) mass is 291 g/mol. The van der Waals surface area contributed by atoms with Crippen LogP contribution in [-0.4, -0.2) is 52.8 Å². The van der Waals surface area contributed by atoms with E-state index in [4.69, 9.17) is 4.42 Å².